The van der Waals surface area contributed by atoms with Crippen molar-refractivity contribution in [3.8, 4) is 5.75 Å². The van der Waals surface area contributed by atoms with E-state index in [1.807, 2.05) is 47.4 Å². The van der Waals surface area contributed by atoms with Crippen LogP contribution in [-0.2, 0) is 4.79 Å². The predicted molar refractivity (Wildman–Crippen MR) is 116 cm³/mol. The van der Waals surface area contributed by atoms with E-state index in [1.54, 1.807) is 0 Å². The van der Waals surface area contributed by atoms with Gasteiger partial charge in [-0.3, -0.25) is 4.79 Å². The molecule has 2 heterocycles. The Morgan fingerprint density at radius 2 is 1.93 bits per heavy atom. The maximum absolute atomic E-state index is 11.9. The summed E-state index contributed by atoms with van der Waals surface area (Å²) in [5.74, 6) is 1.09. The molecule has 0 bridgehead atoms. The smallest absolute Gasteiger partial charge is 0.227 e. The van der Waals surface area contributed by atoms with Crippen LogP contribution in [0.2, 0.25) is 0 Å². The summed E-state index contributed by atoms with van der Waals surface area (Å²) in [6.45, 7) is 4.98. The number of anilines is 2. The van der Waals surface area contributed by atoms with Gasteiger partial charge in [0.25, 0.3) is 0 Å². The van der Waals surface area contributed by atoms with Gasteiger partial charge in [0.1, 0.15) is 11.4 Å². The standard InChI is InChI=1S/C22H25N3O2S/c1-22(2)14-18(17-6-3-4-7-19(17)27-22)24-21(28)23-15-9-11-16(12-10-15)25-13-5-8-20(25)26/h3-4,6-7,9-12,18H,5,8,13-14H2,1-2H3,(H2,23,24,28)/t18-/m1/s1. The molecular weight excluding hydrogens is 370 g/mol. The monoisotopic (exact) mass is 395 g/mol. The minimum atomic E-state index is -0.258. The van der Waals surface area contributed by atoms with E-state index >= 15 is 0 Å². The number of para-hydroxylation sites is 1. The second-order valence-electron chi connectivity index (χ2n) is 7.95. The molecule has 0 saturated carbocycles. The minimum absolute atomic E-state index is 0.0847. The van der Waals surface area contributed by atoms with Crippen molar-refractivity contribution in [3.05, 3.63) is 54.1 Å². The summed E-state index contributed by atoms with van der Waals surface area (Å²) in [5, 5.41) is 7.26. The van der Waals surface area contributed by atoms with Crippen LogP contribution in [0.3, 0.4) is 0 Å². The third kappa shape index (κ3) is 3.97. The summed E-state index contributed by atoms with van der Waals surface area (Å²) in [5.41, 5.74) is 2.69. The molecule has 1 amide bonds. The van der Waals surface area contributed by atoms with Gasteiger partial charge in [0.2, 0.25) is 5.91 Å². The van der Waals surface area contributed by atoms with Gasteiger partial charge in [0, 0.05) is 36.3 Å². The molecule has 1 fully saturated rings. The SMILES string of the molecule is CC1(C)C[C@@H](NC(=S)Nc2ccc(N3CCCC3=O)cc2)c2ccccc2O1. The summed E-state index contributed by atoms with van der Waals surface area (Å²) < 4.78 is 6.08. The third-order valence-electron chi connectivity index (χ3n) is 5.19. The highest BCUT2D eigenvalue weighted by Gasteiger charge is 2.33. The maximum Gasteiger partial charge on any atom is 0.227 e. The van der Waals surface area contributed by atoms with Gasteiger partial charge in [0.15, 0.2) is 5.11 Å². The lowest BCUT2D eigenvalue weighted by molar-refractivity contribution is -0.117. The second-order valence-corrected chi connectivity index (χ2v) is 8.36. The van der Waals surface area contributed by atoms with E-state index in [4.69, 9.17) is 17.0 Å². The zero-order valence-electron chi connectivity index (χ0n) is 16.2. The Balaban J connectivity index is 1.42. The van der Waals surface area contributed by atoms with Gasteiger partial charge >= 0.3 is 0 Å². The highest BCUT2D eigenvalue weighted by Crippen LogP contribution is 2.39. The van der Waals surface area contributed by atoms with E-state index in [1.165, 1.54) is 0 Å². The fraction of sp³-hybridized carbons (Fsp3) is 0.364. The lowest BCUT2D eigenvalue weighted by Gasteiger charge is -2.38. The lowest BCUT2D eigenvalue weighted by atomic mass is 9.90. The number of carbonyl (C=O) groups excluding carboxylic acids is 1. The average molecular weight is 396 g/mol. The van der Waals surface area contributed by atoms with Gasteiger partial charge < -0.3 is 20.3 Å². The number of nitrogens with zero attached hydrogens (tertiary/aromatic N) is 1. The summed E-state index contributed by atoms with van der Waals surface area (Å²) in [6.07, 6.45) is 2.38. The van der Waals surface area contributed by atoms with Gasteiger partial charge in [-0.15, -0.1) is 0 Å². The lowest BCUT2D eigenvalue weighted by Crippen LogP contribution is -2.42. The first-order valence-corrected chi connectivity index (χ1v) is 10.1. The van der Waals surface area contributed by atoms with Crippen molar-refractivity contribution in [2.24, 2.45) is 0 Å². The molecule has 0 unspecified atom stereocenters. The van der Waals surface area contributed by atoms with Crippen molar-refractivity contribution in [3.63, 3.8) is 0 Å². The van der Waals surface area contributed by atoms with Crippen molar-refractivity contribution < 1.29 is 9.53 Å². The molecule has 146 valence electrons. The molecular formula is C22H25N3O2S. The molecule has 0 spiro atoms. The van der Waals surface area contributed by atoms with Crippen molar-refractivity contribution in [2.45, 2.75) is 44.8 Å². The first-order valence-electron chi connectivity index (χ1n) is 9.67. The summed E-state index contributed by atoms with van der Waals surface area (Å²) >= 11 is 5.55. The van der Waals surface area contributed by atoms with Gasteiger partial charge in [-0.2, -0.15) is 0 Å². The molecule has 0 radical (unpaired) electrons. The number of benzene rings is 2. The van der Waals surface area contributed by atoms with Crippen LogP contribution < -0.4 is 20.3 Å². The van der Waals surface area contributed by atoms with Gasteiger partial charge in [-0.1, -0.05) is 18.2 Å². The highest BCUT2D eigenvalue weighted by atomic mass is 32.1. The molecule has 1 saturated heterocycles. The van der Waals surface area contributed by atoms with Crippen LogP contribution in [0.4, 0.5) is 11.4 Å². The van der Waals surface area contributed by atoms with Crippen LogP contribution in [-0.4, -0.2) is 23.2 Å². The van der Waals surface area contributed by atoms with Crippen molar-refractivity contribution in [2.75, 3.05) is 16.8 Å². The second kappa shape index (κ2) is 7.43. The Bertz CT molecular complexity index is 895. The van der Waals surface area contributed by atoms with E-state index in [9.17, 15) is 4.79 Å². The van der Waals surface area contributed by atoms with Gasteiger partial charge in [-0.05, 0) is 62.8 Å². The van der Waals surface area contributed by atoms with Crippen LogP contribution in [0, 0.1) is 0 Å². The molecule has 2 aromatic carbocycles. The number of thiocarbonyl (C=S) groups is 1. The van der Waals surface area contributed by atoms with Crippen molar-refractivity contribution in [1.82, 2.24) is 5.32 Å². The van der Waals surface area contributed by atoms with Crippen molar-refractivity contribution in [1.29, 1.82) is 0 Å². The van der Waals surface area contributed by atoms with Crippen LogP contribution in [0.25, 0.3) is 0 Å². The number of nitrogens with one attached hydrogen (secondary N) is 2. The molecule has 2 aromatic rings. The first-order chi connectivity index (χ1) is 13.4. The Hall–Kier alpha value is -2.60. The van der Waals surface area contributed by atoms with Crippen LogP contribution >= 0.6 is 12.2 Å². The zero-order chi connectivity index (χ0) is 19.7. The maximum atomic E-state index is 11.9. The fourth-order valence-corrected chi connectivity index (χ4v) is 4.16. The normalized spacial score (nSPS) is 20.3. The van der Waals surface area contributed by atoms with Crippen LogP contribution in [0.1, 0.15) is 44.7 Å². The Morgan fingerprint density at radius 1 is 1.18 bits per heavy atom. The Labute approximate surface area is 171 Å². The van der Waals surface area contributed by atoms with Crippen LogP contribution in [0.5, 0.6) is 5.75 Å². The number of hydrogen-bond donors (Lipinski definition) is 2. The number of ether oxygens (including phenoxy) is 1. The third-order valence-corrected chi connectivity index (χ3v) is 5.41. The van der Waals surface area contributed by atoms with E-state index in [-0.39, 0.29) is 17.6 Å². The molecule has 2 aliphatic heterocycles. The summed E-state index contributed by atoms with van der Waals surface area (Å²) in [6, 6.07) is 16.0. The molecule has 0 aromatic heterocycles. The molecule has 28 heavy (non-hydrogen) atoms. The number of fused-ring (bicyclic) bond motifs is 1. The minimum Gasteiger partial charge on any atom is -0.487 e. The number of carbonyl (C=O) groups is 1. The van der Waals surface area contributed by atoms with Crippen molar-refractivity contribution >= 4 is 34.6 Å². The molecule has 0 aliphatic carbocycles. The predicted octanol–water partition coefficient (Wildman–Crippen LogP) is 4.40. The highest BCUT2D eigenvalue weighted by molar-refractivity contribution is 7.80. The summed E-state index contributed by atoms with van der Waals surface area (Å²) in [4.78, 5) is 13.7. The Morgan fingerprint density at radius 3 is 2.64 bits per heavy atom. The quantitative estimate of drug-likeness (QED) is 0.755. The van der Waals surface area contributed by atoms with E-state index in [2.05, 4.69) is 30.5 Å². The summed E-state index contributed by atoms with van der Waals surface area (Å²) in [7, 11) is 0. The molecule has 2 aliphatic rings. The number of hydrogen-bond acceptors (Lipinski definition) is 3. The Kier molecular flexibility index (Phi) is 4.98. The molecule has 4 rings (SSSR count). The number of amides is 1. The number of rotatable bonds is 3. The van der Waals surface area contributed by atoms with Gasteiger partial charge in [0.05, 0.1) is 6.04 Å². The fourth-order valence-electron chi connectivity index (χ4n) is 3.90. The van der Waals surface area contributed by atoms with E-state index in [0.717, 1.165) is 42.1 Å². The van der Waals surface area contributed by atoms with Gasteiger partial charge in [-0.25, -0.2) is 0 Å². The zero-order valence-corrected chi connectivity index (χ0v) is 17.0. The van der Waals surface area contributed by atoms with E-state index in [0.29, 0.717) is 11.5 Å². The molecule has 6 heteroatoms. The first kappa shape index (κ1) is 18.7. The topological polar surface area (TPSA) is 53.6 Å². The molecule has 2 N–H and O–H groups in total. The average Bonchev–Trinajstić information content (AvgIpc) is 3.07. The molecule has 5 nitrogen and oxygen atoms in total. The largest absolute Gasteiger partial charge is 0.487 e. The van der Waals surface area contributed by atoms with Crippen LogP contribution in [0.15, 0.2) is 48.5 Å². The molecule has 1 atom stereocenters. The van der Waals surface area contributed by atoms with E-state index < -0.39 is 0 Å².